The Balaban J connectivity index is 0.000000270. The van der Waals surface area contributed by atoms with Crippen LogP contribution in [0.15, 0.2) is 0 Å². The molecule has 3 fully saturated rings. The molecule has 9 heteroatoms. The van der Waals surface area contributed by atoms with Gasteiger partial charge in [0.2, 0.25) is 0 Å². The van der Waals surface area contributed by atoms with Gasteiger partial charge in [0.25, 0.3) is 0 Å². The molecule has 0 radical (unpaired) electrons. The summed E-state index contributed by atoms with van der Waals surface area (Å²) in [6.07, 6.45) is 6.41. The van der Waals surface area contributed by atoms with E-state index in [-0.39, 0.29) is 21.5 Å². The molecule has 36 heavy (non-hydrogen) atoms. The van der Waals surface area contributed by atoms with E-state index in [9.17, 15) is 25.3 Å². The highest BCUT2D eigenvalue weighted by atomic mass is 32.2. The van der Waals surface area contributed by atoms with Crippen molar-refractivity contribution in [2.45, 2.75) is 113 Å². The van der Waals surface area contributed by atoms with Crippen molar-refractivity contribution in [3.05, 3.63) is 0 Å². The molecule has 0 amide bonds. The lowest BCUT2D eigenvalue weighted by Crippen LogP contribution is -2.38. The first-order valence-electron chi connectivity index (χ1n) is 13.6. The van der Waals surface area contributed by atoms with Crippen LogP contribution in [-0.2, 0) is 29.5 Å². The molecule has 3 saturated heterocycles. The summed E-state index contributed by atoms with van der Waals surface area (Å²) in [5.41, 5.74) is 0.336. The van der Waals surface area contributed by atoms with E-state index < -0.39 is 29.5 Å². The number of hydrogen-bond acceptors (Lipinski definition) is 6. The summed E-state index contributed by atoms with van der Waals surface area (Å²) < 4.78 is 68.1. The maximum Gasteiger partial charge on any atom is 0.153 e. The van der Waals surface area contributed by atoms with E-state index >= 15 is 0 Å². The van der Waals surface area contributed by atoms with Crippen LogP contribution in [-0.4, -0.2) is 59.3 Å². The summed E-state index contributed by atoms with van der Waals surface area (Å²) in [6, 6.07) is 0. The summed E-state index contributed by atoms with van der Waals surface area (Å²) in [5.74, 6) is 2.94. The average Bonchev–Trinajstić information content (AvgIpc) is 2.65. The van der Waals surface area contributed by atoms with Crippen LogP contribution in [0.1, 0.15) is 107 Å². The first-order valence-corrected chi connectivity index (χ1v) is 18.9. The van der Waals surface area contributed by atoms with Gasteiger partial charge in [0.05, 0.1) is 34.0 Å². The quantitative estimate of drug-likeness (QED) is 0.369. The zero-order chi connectivity index (χ0) is 28.2. The minimum atomic E-state index is -2.78. The number of sulfone groups is 3. The summed E-state index contributed by atoms with van der Waals surface area (Å²) >= 11 is 0. The second kappa shape index (κ2) is 12.4. The molecular weight excluding hydrogens is 516 g/mol. The third-order valence-corrected chi connectivity index (χ3v) is 14.2. The first kappa shape index (κ1) is 33.9. The van der Waals surface area contributed by atoms with Gasteiger partial charge < -0.3 is 0 Å². The Labute approximate surface area is 223 Å². The lowest BCUT2D eigenvalue weighted by molar-refractivity contribution is 0.222. The predicted octanol–water partition coefficient (Wildman–Crippen LogP) is 5.71. The van der Waals surface area contributed by atoms with Gasteiger partial charge in [0.1, 0.15) is 9.84 Å². The molecule has 2 unspecified atom stereocenters. The standard InChI is InChI=1S/3C9H18O2S/c1-9(2,3)8-4-6-12(10,11)7-5-8;1-9(2,3)8-5-4-6-12(10,11)7-8;1-9(2,3)8-6-4-5-7-12(8,10)11/h3*8H,4-7H2,1-3H3. The summed E-state index contributed by atoms with van der Waals surface area (Å²) in [4.78, 5) is 0. The van der Waals surface area contributed by atoms with Gasteiger partial charge in [-0.1, -0.05) is 68.7 Å². The Morgan fingerprint density at radius 3 is 1.31 bits per heavy atom. The lowest BCUT2D eigenvalue weighted by atomic mass is 9.77. The third kappa shape index (κ3) is 11.7. The first-order chi connectivity index (χ1) is 16.0. The molecule has 3 aliphatic heterocycles. The van der Waals surface area contributed by atoms with E-state index in [0.717, 1.165) is 44.9 Å². The highest BCUT2D eigenvalue weighted by Crippen LogP contribution is 2.36. The smallest absolute Gasteiger partial charge is 0.153 e. The molecule has 2 atom stereocenters. The van der Waals surface area contributed by atoms with E-state index in [1.54, 1.807) is 0 Å². The average molecular weight is 571 g/mol. The fourth-order valence-electron chi connectivity index (χ4n) is 5.39. The van der Waals surface area contributed by atoms with Crippen molar-refractivity contribution in [1.29, 1.82) is 0 Å². The van der Waals surface area contributed by atoms with Gasteiger partial charge in [-0.05, 0) is 66.6 Å². The van der Waals surface area contributed by atoms with Crippen molar-refractivity contribution >= 4 is 29.5 Å². The fourth-order valence-corrected chi connectivity index (χ4v) is 11.4. The molecule has 0 N–H and O–H groups in total. The van der Waals surface area contributed by atoms with Crippen LogP contribution in [0.25, 0.3) is 0 Å². The zero-order valence-corrected chi connectivity index (χ0v) is 26.8. The minimum absolute atomic E-state index is 0.0841. The van der Waals surface area contributed by atoms with Gasteiger partial charge in [-0.2, -0.15) is 0 Å². The maximum absolute atomic E-state index is 11.6. The molecular formula is C27H54O6S3. The molecule has 3 rings (SSSR count). The van der Waals surface area contributed by atoms with Crippen molar-refractivity contribution in [2.24, 2.45) is 28.1 Å². The van der Waals surface area contributed by atoms with Crippen LogP contribution in [0.2, 0.25) is 0 Å². The maximum atomic E-state index is 11.6. The Morgan fingerprint density at radius 1 is 0.472 bits per heavy atom. The van der Waals surface area contributed by atoms with E-state index in [1.165, 1.54) is 0 Å². The molecule has 6 nitrogen and oxygen atoms in total. The highest BCUT2D eigenvalue weighted by Gasteiger charge is 2.37. The molecule has 0 spiro atoms. The Kier molecular flexibility index (Phi) is 11.6. The SMILES string of the molecule is CC(C)(C)C1CCCCS1(=O)=O.CC(C)(C)C1CCCS(=O)(=O)C1.CC(C)(C)C1CCS(=O)(=O)CC1. The van der Waals surface area contributed by atoms with Gasteiger partial charge in [0.15, 0.2) is 19.7 Å². The van der Waals surface area contributed by atoms with Gasteiger partial charge in [-0.25, -0.2) is 25.3 Å². The molecule has 3 heterocycles. The lowest BCUT2D eigenvalue weighted by Gasteiger charge is -2.33. The van der Waals surface area contributed by atoms with Gasteiger partial charge in [-0.15, -0.1) is 0 Å². The molecule has 0 aromatic heterocycles. The Bertz CT molecular complexity index is 991. The van der Waals surface area contributed by atoms with Crippen molar-refractivity contribution in [2.75, 3.05) is 28.8 Å². The Hall–Kier alpha value is -0.150. The minimum Gasteiger partial charge on any atom is -0.229 e. The van der Waals surface area contributed by atoms with Crippen LogP contribution < -0.4 is 0 Å². The van der Waals surface area contributed by atoms with E-state index in [4.69, 9.17) is 0 Å². The van der Waals surface area contributed by atoms with Crippen LogP contribution in [0, 0.1) is 28.1 Å². The van der Waals surface area contributed by atoms with Crippen LogP contribution >= 0.6 is 0 Å². The third-order valence-electron chi connectivity index (χ3n) is 8.01. The molecule has 0 aliphatic carbocycles. The zero-order valence-electron chi connectivity index (χ0n) is 24.4. The van der Waals surface area contributed by atoms with Crippen molar-refractivity contribution in [3.8, 4) is 0 Å². The normalized spacial score (nSPS) is 28.6. The van der Waals surface area contributed by atoms with Crippen molar-refractivity contribution in [1.82, 2.24) is 0 Å². The van der Waals surface area contributed by atoms with Crippen LogP contribution in [0.3, 0.4) is 0 Å². The van der Waals surface area contributed by atoms with E-state index in [0.29, 0.717) is 40.6 Å². The second-order valence-corrected chi connectivity index (χ2v) is 21.2. The predicted molar refractivity (Wildman–Crippen MR) is 153 cm³/mol. The monoisotopic (exact) mass is 570 g/mol. The topological polar surface area (TPSA) is 102 Å². The second-order valence-electron chi connectivity index (χ2n) is 14.3. The largest absolute Gasteiger partial charge is 0.229 e. The van der Waals surface area contributed by atoms with E-state index in [2.05, 4.69) is 41.5 Å². The van der Waals surface area contributed by atoms with E-state index in [1.807, 2.05) is 20.8 Å². The molecule has 0 bridgehead atoms. The number of hydrogen-bond donors (Lipinski definition) is 0. The van der Waals surface area contributed by atoms with Crippen LogP contribution in [0.4, 0.5) is 0 Å². The summed E-state index contributed by atoms with van der Waals surface area (Å²) in [7, 11) is -8.17. The fraction of sp³-hybridized carbons (Fsp3) is 1.00. The highest BCUT2D eigenvalue weighted by molar-refractivity contribution is 7.92. The van der Waals surface area contributed by atoms with Crippen molar-refractivity contribution in [3.63, 3.8) is 0 Å². The molecule has 0 saturated carbocycles. The molecule has 216 valence electrons. The van der Waals surface area contributed by atoms with Gasteiger partial charge in [-0.3, -0.25) is 0 Å². The van der Waals surface area contributed by atoms with Crippen LogP contribution in [0.5, 0.6) is 0 Å². The Morgan fingerprint density at radius 2 is 0.972 bits per heavy atom. The molecule has 0 aromatic rings. The molecule has 0 aromatic carbocycles. The van der Waals surface area contributed by atoms with Crippen molar-refractivity contribution < 1.29 is 25.3 Å². The van der Waals surface area contributed by atoms with Gasteiger partial charge in [0, 0.05) is 0 Å². The summed E-state index contributed by atoms with van der Waals surface area (Å²) in [5, 5.41) is -0.112. The number of rotatable bonds is 0. The molecule has 3 aliphatic rings. The summed E-state index contributed by atoms with van der Waals surface area (Å²) in [6.45, 7) is 19.0. The van der Waals surface area contributed by atoms with Gasteiger partial charge >= 0.3 is 0 Å².